The van der Waals surface area contributed by atoms with Gasteiger partial charge in [-0.3, -0.25) is 4.79 Å². The lowest BCUT2D eigenvalue weighted by Crippen LogP contribution is -2.22. The Morgan fingerprint density at radius 1 is 1.56 bits per heavy atom. The molecule has 2 N–H and O–H groups in total. The number of phenolic OH excluding ortho intramolecular Hbond substituents is 1. The van der Waals surface area contributed by atoms with E-state index in [-0.39, 0.29) is 11.7 Å². The molecule has 94 valence electrons. The third-order valence-corrected chi connectivity index (χ3v) is 3.76. The third-order valence-electron chi connectivity index (χ3n) is 2.38. The molecule has 0 spiro atoms. The Balaban J connectivity index is 2.57. The van der Waals surface area contributed by atoms with Crippen LogP contribution in [0, 0.1) is 0 Å². The molecule has 2 aromatic rings. The van der Waals surface area contributed by atoms with E-state index < -0.39 is 0 Å². The second-order valence-corrected chi connectivity index (χ2v) is 5.19. The summed E-state index contributed by atoms with van der Waals surface area (Å²) in [6.45, 7) is 3.89. The Bertz CT molecular complexity index is 634. The number of hydrogen-bond donors (Lipinski definition) is 2. The monoisotopic (exact) mass is 373 g/mol. The second kappa shape index (κ2) is 5.16. The van der Waals surface area contributed by atoms with Crippen molar-refractivity contribution in [2.45, 2.75) is 0 Å². The number of hydrogen-bond acceptors (Lipinski definition) is 3. The molecular formula is C12H9Br2NO3. The van der Waals surface area contributed by atoms with E-state index in [1.165, 1.54) is 6.26 Å². The molecule has 0 saturated heterocycles. The van der Waals surface area contributed by atoms with Crippen molar-refractivity contribution in [3.63, 3.8) is 0 Å². The quantitative estimate of drug-likeness (QED) is 0.807. The fraction of sp³-hybridized carbons (Fsp3) is 0.0833. The first-order valence-electron chi connectivity index (χ1n) is 5.03. The van der Waals surface area contributed by atoms with Crippen LogP contribution in [0.25, 0.3) is 11.0 Å². The van der Waals surface area contributed by atoms with E-state index >= 15 is 0 Å². The highest BCUT2D eigenvalue weighted by molar-refractivity contribution is 9.11. The maximum Gasteiger partial charge on any atom is 0.255 e. The zero-order valence-corrected chi connectivity index (χ0v) is 12.3. The molecule has 0 fully saturated rings. The van der Waals surface area contributed by atoms with Gasteiger partial charge in [-0.1, -0.05) is 6.08 Å². The van der Waals surface area contributed by atoms with E-state index in [9.17, 15) is 9.90 Å². The van der Waals surface area contributed by atoms with Gasteiger partial charge in [0, 0.05) is 6.54 Å². The van der Waals surface area contributed by atoms with Crippen molar-refractivity contribution in [1.82, 2.24) is 5.32 Å². The number of benzene rings is 1. The SMILES string of the molecule is C=CCNC(=O)c1coc2cc(Br)c(O)c(Br)c12. The molecule has 4 nitrogen and oxygen atoms in total. The minimum atomic E-state index is -0.281. The van der Waals surface area contributed by atoms with Gasteiger partial charge in [0.2, 0.25) is 0 Å². The van der Waals surface area contributed by atoms with E-state index in [0.29, 0.717) is 32.0 Å². The normalized spacial score (nSPS) is 10.6. The number of fused-ring (bicyclic) bond motifs is 1. The highest BCUT2D eigenvalue weighted by Gasteiger charge is 2.19. The summed E-state index contributed by atoms with van der Waals surface area (Å²) in [5.74, 6) is -0.252. The number of phenols is 1. The highest BCUT2D eigenvalue weighted by atomic mass is 79.9. The average Bonchev–Trinajstić information content (AvgIpc) is 2.77. The second-order valence-electron chi connectivity index (χ2n) is 3.54. The van der Waals surface area contributed by atoms with E-state index in [4.69, 9.17) is 4.42 Å². The zero-order valence-electron chi connectivity index (χ0n) is 9.17. The molecule has 18 heavy (non-hydrogen) atoms. The predicted octanol–water partition coefficient (Wildman–Crippen LogP) is 3.58. The molecule has 1 aromatic heterocycles. The van der Waals surface area contributed by atoms with Gasteiger partial charge in [0.1, 0.15) is 17.6 Å². The van der Waals surface area contributed by atoms with E-state index in [0.717, 1.165) is 0 Å². The standard InChI is InChI=1S/C12H9Br2NO3/c1-2-3-15-12(17)6-5-18-8-4-7(13)11(16)10(14)9(6)8/h2,4-5,16H,1,3H2,(H,15,17). The van der Waals surface area contributed by atoms with Crippen molar-refractivity contribution in [2.75, 3.05) is 6.54 Å². The van der Waals surface area contributed by atoms with Crippen LogP contribution in [0.2, 0.25) is 0 Å². The number of rotatable bonds is 3. The number of amides is 1. The van der Waals surface area contributed by atoms with Gasteiger partial charge in [-0.15, -0.1) is 6.58 Å². The van der Waals surface area contributed by atoms with Crippen LogP contribution in [0.4, 0.5) is 0 Å². The van der Waals surface area contributed by atoms with Crippen LogP contribution >= 0.6 is 31.9 Å². The molecule has 0 bridgehead atoms. The first kappa shape index (κ1) is 13.2. The van der Waals surface area contributed by atoms with Gasteiger partial charge < -0.3 is 14.8 Å². The van der Waals surface area contributed by atoms with Gasteiger partial charge in [0.25, 0.3) is 5.91 Å². The Labute approximate surface area is 120 Å². The summed E-state index contributed by atoms with van der Waals surface area (Å²) in [6, 6.07) is 1.61. The largest absolute Gasteiger partial charge is 0.506 e. The molecule has 0 radical (unpaired) electrons. The van der Waals surface area contributed by atoms with Gasteiger partial charge in [-0.25, -0.2) is 0 Å². The molecule has 0 unspecified atom stereocenters. The smallest absolute Gasteiger partial charge is 0.255 e. The summed E-state index contributed by atoms with van der Waals surface area (Å²) in [5.41, 5.74) is 0.872. The summed E-state index contributed by atoms with van der Waals surface area (Å²) >= 11 is 6.46. The third kappa shape index (κ3) is 2.18. The summed E-state index contributed by atoms with van der Waals surface area (Å²) < 4.78 is 6.22. The minimum absolute atomic E-state index is 0.0293. The van der Waals surface area contributed by atoms with Gasteiger partial charge in [-0.05, 0) is 37.9 Å². The van der Waals surface area contributed by atoms with Gasteiger partial charge >= 0.3 is 0 Å². The number of carbonyl (C=O) groups excluding carboxylic acids is 1. The lowest BCUT2D eigenvalue weighted by atomic mass is 10.1. The van der Waals surface area contributed by atoms with Crippen LogP contribution in [-0.4, -0.2) is 17.6 Å². The first-order chi connectivity index (χ1) is 8.56. The summed E-state index contributed by atoms with van der Waals surface area (Å²) in [7, 11) is 0. The van der Waals surface area contributed by atoms with E-state index in [1.807, 2.05) is 0 Å². The predicted molar refractivity (Wildman–Crippen MR) is 75.8 cm³/mol. The molecule has 6 heteroatoms. The number of furan rings is 1. The van der Waals surface area contributed by atoms with Crippen LogP contribution < -0.4 is 5.32 Å². The van der Waals surface area contributed by atoms with Crippen LogP contribution in [-0.2, 0) is 0 Å². The summed E-state index contributed by atoms with van der Waals surface area (Å²) in [6.07, 6.45) is 2.95. The molecule has 2 rings (SSSR count). The van der Waals surface area contributed by atoms with E-state index in [1.54, 1.807) is 12.1 Å². The van der Waals surface area contributed by atoms with Crippen molar-refractivity contribution >= 4 is 48.7 Å². The fourth-order valence-electron chi connectivity index (χ4n) is 1.54. The van der Waals surface area contributed by atoms with Gasteiger partial charge in [-0.2, -0.15) is 0 Å². The van der Waals surface area contributed by atoms with Crippen LogP contribution in [0.5, 0.6) is 5.75 Å². The van der Waals surface area contributed by atoms with Gasteiger partial charge in [0.15, 0.2) is 0 Å². The lowest BCUT2D eigenvalue weighted by Gasteiger charge is -2.04. The molecule has 0 saturated carbocycles. The van der Waals surface area contributed by atoms with Crippen molar-refractivity contribution in [3.8, 4) is 5.75 Å². The molecule has 1 aromatic carbocycles. The zero-order chi connectivity index (χ0) is 13.3. The van der Waals surface area contributed by atoms with E-state index in [2.05, 4.69) is 43.8 Å². The Hall–Kier alpha value is -1.27. The van der Waals surface area contributed by atoms with Crippen LogP contribution in [0.3, 0.4) is 0 Å². The first-order valence-corrected chi connectivity index (χ1v) is 6.62. The molecule has 1 heterocycles. The number of nitrogens with one attached hydrogen (secondary N) is 1. The van der Waals surface area contributed by atoms with Crippen molar-refractivity contribution in [3.05, 3.63) is 39.5 Å². The molecular weight excluding hydrogens is 366 g/mol. The summed E-state index contributed by atoms with van der Waals surface area (Å²) in [5, 5.41) is 13.0. The lowest BCUT2D eigenvalue weighted by molar-refractivity contribution is 0.0959. The Morgan fingerprint density at radius 3 is 2.94 bits per heavy atom. The molecule has 0 aliphatic rings. The van der Waals surface area contributed by atoms with Crippen LogP contribution in [0.1, 0.15) is 10.4 Å². The van der Waals surface area contributed by atoms with Gasteiger partial charge in [0.05, 0.1) is 19.9 Å². The van der Waals surface area contributed by atoms with Crippen molar-refractivity contribution in [2.24, 2.45) is 0 Å². The maximum atomic E-state index is 11.9. The Morgan fingerprint density at radius 2 is 2.28 bits per heavy atom. The van der Waals surface area contributed by atoms with Crippen molar-refractivity contribution < 1.29 is 14.3 Å². The average molecular weight is 375 g/mol. The fourth-order valence-corrected chi connectivity index (χ4v) is 2.83. The number of halogens is 2. The summed E-state index contributed by atoms with van der Waals surface area (Å²) in [4.78, 5) is 11.9. The highest BCUT2D eigenvalue weighted by Crippen LogP contribution is 2.40. The van der Waals surface area contributed by atoms with Crippen LogP contribution in [0.15, 0.2) is 38.3 Å². The molecule has 0 aliphatic heterocycles. The molecule has 1 amide bonds. The molecule has 0 aliphatic carbocycles. The van der Waals surface area contributed by atoms with Crippen molar-refractivity contribution in [1.29, 1.82) is 0 Å². The molecule has 0 atom stereocenters. The topological polar surface area (TPSA) is 62.5 Å². The number of aromatic hydroxyl groups is 1. The maximum absolute atomic E-state index is 11.9. The Kier molecular flexibility index (Phi) is 3.77. The number of carbonyl (C=O) groups is 1. The minimum Gasteiger partial charge on any atom is -0.506 e.